The number of fused-ring (bicyclic) bond motifs is 1. The molecule has 2 atom stereocenters. The minimum absolute atomic E-state index is 0.00625. The molecule has 0 radical (unpaired) electrons. The lowest BCUT2D eigenvalue weighted by Gasteiger charge is -2.42. The van der Waals surface area contributed by atoms with Gasteiger partial charge in [-0.2, -0.15) is 0 Å². The number of benzene rings is 4. The van der Waals surface area contributed by atoms with E-state index in [1.54, 1.807) is 49.9 Å². The van der Waals surface area contributed by atoms with Crippen LogP contribution in [0.1, 0.15) is 130 Å². The van der Waals surface area contributed by atoms with Gasteiger partial charge in [0.2, 0.25) is 29.5 Å². The number of ether oxygens (including phenoxy) is 1. The summed E-state index contributed by atoms with van der Waals surface area (Å²) in [6.07, 6.45) is 2.02. The topological polar surface area (TPSA) is 213 Å². The van der Waals surface area contributed by atoms with Gasteiger partial charge in [-0.15, -0.1) is 0 Å². The normalized spacial score (nSPS) is 14.9. The SMILES string of the molecule is CC(C)(C)OC(=O)C[C@@H](Cc1ccc(CP(=O)(OC(C)(C)C)OC(C)(C)C)cc1)C(=O)NC1(C(=O)N[C@@H](CC(N)=O)C(=O)NCCCc2cccc3ccccc23)CCN(C(=O)CCCc2ccccc2)CC1. The minimum Gasteiger partial charge on any atom is -0.460 e. The van der Waals surface area contributed by atoms with Crippen molar-refractivity contribution >= 4 is 53.9 Å². The van der Waals surface area contributed by atoms with Gasteiger partial charge in [0.25, 0.3) is 0 Å². The molecule has 4 aromatic rings. The van der Waals surface area contributed by atoms with Crippen LogP contribution in [0.25, 0.3) is 10.8 Å². The van der Waals surface area contributed by atoms with Gasteiger partial charge in [0, 0.05) is 26.1 Å². The number of carbonyl (C=O) groups excluding carboxylic acids is 6. The van der Waals surface area contributed by atoms with Crippen molar-refractivity contribution in [2.75, 3.05) is 19.6 Å². The summed E-state index contributed by atoms with van der Waals surface area (Å²) in [7, 11) is -3.64. The zero-order valence-corrected chi connectivity index (χ0v) is 45.2. The van der Waals surface area contributed by atoms with Gasteiger partial charge in [0.1, 0.15) is 17.2 Å². The molecule has 15 nitrogen and oxygen atoms in total. The Kier molecular flexibility index (Phi) is 20.2. The summed E-state index contributed by atoms with van der Waals surface area (Å²) in [6, 6.07) is 29.7. The number of primary amides is 1. The monoisotopic (exact) mass is 1020 g/mol. The van der Waals surface area contributed by atoms with Gasteiger partial charge < -0.3 is 40.4 Å². The van der Waals surface area contributed by atoms with E-state index in [4.69, 9.17) is 19.5 Å². The Morgan fingerprint density at radius 2 is 1.29 bits per heavy atom. The Balaban J connectivity index is 1.37. The van der Waals surface area contributed by atoms with Crippen LogP contribution in [-0.4, -0.2) is 88.4 Å². The van der Waals surface area contributed by atoms with Crippen molar-refractivity contribution in [3.63, 3.8) is 0 Å². The number of hydrogen-bond acceptors (Lipinski definition) is 10. The molecule has 5 amide bonds. The summed E-state index contributed by atoms with van der Waals surface area (Å²) in [4.78, 5) is 84.6. The molecule has 73 heavy (non-hydrogen) atoms. The molecule has 0 bridgehead atoms. The standard InChI is InChI=1S/C57H78N5O10P/c1-54(2,3)70-50(65)37-45(36-41-27-29-42(30-28-41)39-73(69,71-55(4,5)6)72-56(7,8)9)51(66)61-57(31-34-62(35-32-57)49(64)26-15-20-40-18-11-10-12-19-40)53(68)60-47(38-48(58)63)52(67)59-33-17-24-44-23-16-22-43-21-13-14-25-46(43)44/h10-14,16,18-19,21-23,25,27-30,45,47H,15,17,20,24,26,31-39H2,1-9H3,(H2,58,63)(H,59,67)(H,60,68)(H,61,66)/t45-,47+/m1/s1. The molecule has 0 spiro atoms. The fourth-order valence-electron chi connectivity index (χ4n) is 9.01. The molecule has 5 N–H and O–H groups in total. The van der Waals surface area contributed by atoms with Gasteiger partial charge in [-0.25, -0.2) is 0 Å². The quantitative estimate of drug-likeness (QED) is 0.0315. The fraction of sp³-hybridized carbons (Fsp3) is 0.509. The Labute approximate surface area is 432 Å². The number of hydrogen-bond donors (Lipinski definition) is 4. The van der Waals surface area contributed by atoms with E-state index in [0.717, 1.165) is 28.3 Å². The summed E-state index contributed by atoms with van der Waals surface area (Å²) in [5.74, 6) is -4.56. The highest BCUT2D eigenvalue weighted by molar-refractivity contribution is 7.53. The highest BCUT2D eigenvalue weighted by Gasteiger charge is 2.46. The maximum Gasteiger partial charge on any atom is 0.336 e. The lowest BCUT2D eigenvalue weighted by Crippen LogP contribution is -2.66. The van der Waals surface area contributed by atoms with Crippen LogP contribution >= 0.6 is 7.60 Å². The number of nitrogens with zero attached hydrogens (tertiary/aromatic N) is 1. The first-order valence-corrected chi connectivity index (χ1v) is 27.2. The van der Waals surface area contributed by atoms with Crippen molar-refractivity contribution in [3.8, 4) is 0 Å². The molecule has 0 aliphatic carbocycles. The summed E-state index contributed by atoms with van der Waals surface area (Å²) in [5, 5.41) is 10.8. The Morgan fingerprint density at radius 1 is 0.685 bits per heavy atom. The van der Waals surface area contributed by atoms with Gasteiger partial charge >= 0.3 is 13.6 Å². The van der Waals surface area contributed by atoms with Crippen LogP contribution in [0.5, 0.6) is 0 Å². The highest BCUT2D eigenvalue weighted by Crippen LogP contribution is 2.57. The van der Waals surface area contributed by atoms with E-state index in [2.05, 4.69) is 22.0 Å². The Morgan fingerprint density at radius 3 is 1.90 bits per heavy atom. The van der Waals surface area contributed by atoms with Crippen LogP contribution in [0.3, 0.4) is 0 Å². The molecule has 0 aromatic heterocycles. The number of piperidine rings is 1. The zero-order chi connectivity index (χ0) is 53.6. The minimum atomic E-state index is -3.64. The van der Waals surface area contributed by atoms with Gasteiger partial charge in [0.05, 0.1) is 36.1 Å². The maximum atomic E-state index is 14.8. The largest absolute Gasteiger partial charge is 0.460 e. The molecule has 0 saturated carbocycles. The Bertz CT molecular complexity index is 2550. The van der Waals surface area contributed by atoms with Crippen LogP contribution in [0, 0.1) is 5.92 Å². The molecule has 0 unspecified atom stereocenters. The number of likely N-dealkylation sites (tertiary alicyclic amines) is 1. The third-order valence-electron chi connectivity index (χ3n) is 12.2. The third-order valence-corrected chi connectivity index (χ3v) is 14.6. The van der Waals surface area contributed by atoms with Crippen LogP contribution < -0.4 is 21.7 Å². The first-order valence-electron chi connectivity index (χ1n) is 25.5. The molecule has 1 fully saturated rings. The average Bonchev–Trinajstić information content (AvgIpc) is 3.29. The molecule has 16 heteroatoms. The molecule has 1 aliphatic rings. The predicted octanol–water partition coefficient (Wildman–Crippen LogP) is 8.66. The van der Waals surface area contributed by atoms with Crippen molar-refractivity contribution in [1.29, 1.82) is 0 Å². The molecule has 1 aliphatic heterocycles. The fourth-order valence-corrected chi connectivity index (χ4v) is 11.5. The first-order chi connectivity index (χ1) is 34.2. The van der Waals surface area contributed by atoms with Gasteiger partial charge in [-0.05, 0) is 140 Å². The maximum absolute atomic E-state index is 14.8. The van der Waals surface area contributed by atoms with E-state index in [9.17, 15) is 33.3 Å². The highest BCUT2D eigenvalue weighted by atomic mass is 31.2. The van der Waals surface area contributed by atoms with Gasteiger partial charge in [0.15, 0.2) is 0 Å². The van der Waals surface area contributed by atoms with Crippen LogP contribution in [-0.2, 0) is 72.5 Å². The molecule has 1 saturated heterocycles. The number of amides is 5. The second-order valence-electron chi connectivity index (χ2n) is 22.2. The first kappa shape index (κ1) is 58.0. The molecular formula is C57H78N5O10P. The van der Waals surface area contributed by atoms with E-state index >= 15 is 0 Å². The summed E-state index contributed by atoms with van der Waals surface area (Å²) < 4.78 is 31.8. The van der Waals surface area contributed by atoms with Gasteiger partial charge in [-0.3, -0.25) is 33.3 Å². The number of nitrogens with one attached hydrogen (secondary N) is 3. The second-order valence-corrected chi connectivity index (χ2v) is 24.1. The Hall–Kier alpha value is -5.89. The average molecular weight is 1020 g/mol. The molecule has 5 rings (SSSR count). The number of carbonyl (C=O) groups is 6. The lowest BCUT2D eigenvalue weighted by molar-refractivity contribution is -0.157. The van der Waals surface area contributed by atoms with Crippen molar-refractivity contribution in [2.45, 2.75) is 161 Å². The van der Waals surface area contributed by atoms with Crippen molar-refractivity contribution < 1.29 is 47.1 Å². The van der Waals surface area contributed by atoms with Gasteiger partial charge in [-0.1, -0.05) is 97.1 Å². The molecule has 4 aromatic carbocycles. The van der Waals surface area contributed by atoms with Crippen LogP contribution in [0.2, 0.25) is 0 Å². The molecular weight excluding hydrogens is 946 g/mol. The van der Waals surface area contributed by atoms with E-state index in [-0.39, 0.29) is 63.8 Å². The number of rotatable bonds is 23. The van der Waals surface area contributed by atoms with E-state index in [0.29, 0.717) is 30.4 Å². The predicted molar refractivity (Wildman–Crippen MR) is 284 cm³/mol. The van der Waals surface area contributed by atoms with E-state index < -0.39 is 77.9 Å². The third kappa shape index (κ3) is 19.2. The summed E-state index contributed by atoms with van der Waals surface area (Å²) in [5.41, 5.74) is 5.20. The number of aryl methyl sites for hydroxylation is 2. The smallest absolute Gasteiger partial charge is 0.336 e. The summed E-state index contributed by atoms with van der Waals surface area (Å²) in [6.45, 7) is 16.5. The van der Waals surface area contributed by atoms with Crippen molar-refractivity contribution in [2.24, 2.45) is 11.7 Å². The van der Waals surface area contributed by atoms with Crippen LogP contribution in [0.15, 0.2) is 97.1 Å². The van der Waals surface area contributed by atoms with Crippen molar-refractivity contribution in [3.05, 3.63) is 119 Å². The lowest BCUT2D eigenvalue weighted by atomic mass is 9.84. The number of esters is 1. The zero-order valence-electron chi connectivity index (χ0n) is 44.3. The number of nitrogens with two attached hydrogens (primary N) is 1. The van der Waals surface area contributed by atoms with Crippen molar-refractivity contribution in [1.82, 2.24) is 20.9 Å². The second kappa shape index (κ2) is 25.4. The molecule has 396 valence electrons. The van der Waals surface area contributed by atoms with E-state index in [1.807, 2.05) is 108 Å². The van der Waals surface area contributed by atoms with Crippen LogP contribution in [0.4, 0.5) is 0 Å². The van der Waals surface area contributed by atoms with E-state index in [1.165, 1.54) is 0 Å². The molecule has 1 heterocycles. The summed E-state index contributed by atoms with van der Waals surface area (Å²) >= 11 is 0.